The minimum Gasteiger partial charge on any atom is -0.465 e. The lowest BCUT2D eigenvalue weighted by molar-refractivity contribution is -0.0544. The van der Waals surface area contributed by atoms with Gasteiger partial charge in [-0.2, -0.15) is 0 Å². The van der Waals surface area contributed by atoms with Crippen LogP contribution >= 0.6 is 0 Å². The zero-order chi connectivity index (χ0) is 16.4. The minimum atomic E-state index is -0.0493. The van der Waals surface area contributed by atoms with Crippen molar-refractivity contribution < 1.29 is 9.15 Å². The first-order chi connectivity index (χ1) is 11.7. The van der Waals surface area contributed by atoms with E-state index >= 15 is 0 Å². The molecule has 0 aromatic carbocycles. The Labute approximate surface area is 142 Å². The Balaban J connectivity index is 1.36. The second kappa shape index (κ2) is 6.53. The van der Waals surface area contributed by atoms with Crippen molar-refractivity contribution in [2.45, 2.75) is 44.4 Å². The second-order valence-corrected chi connectivity index (χ2v) is 6.94. The van der Waals surface area contributed by atoms with Gasteiger partial charge in [0.1, 0.15) is 11.5 Å². The quantitative estimate of drug-likeness (QED) is 0.931. The van der Waals surface area contributed by atoms with Gasteiger partial charge in [0.15, 0.2) is 0 Å². The van der Waals surface area contributed by atoms with E-state index in [0.29, 0.717) is 12.6 Å². The van der Waals surface area contributed by atoms with Gasteiger partial charge in [-0.15, -0.1) is 0 Å². The normalized spacial score (nSPS) is 27.6. The summed E-state index contributed by atoms with van der Waals surface area (Å²) in [6.07, 6.45) is 6.80. The number of nitrogens with one attached hydrogen (secondary N) is 1. The molecule has 0 amide bonds. The Hall–Kier alpha value is -1.92. The van der Waals surface area contributed by atoms with Crippen LogP contribution in [0.1, 0.15) is 30.8 Å². The van der Waals surface area contributed by atoms with Gasteiger partial charge in [0, 0.05) is 25.4 Å². The van der Waals surface area contributed by atoms with Gasteiger partial charge in [-0.05, 0) is 44.5 Å². The third-order valence-corrected chi connectivity index (χ3v) is 4.90. The van der Waals surface area contributed by atoms with Gasteiger partial charge < -0.3 is 14.5 Å². The van der Waals surface area contributed by atoms with Crippen LogP contribution in [0.3, 0.4) is 0 Å². The topological polar surface area (TPSA) is 63.4 Å². The smallest absolute Gasteiger partial charge is 0.222 e. The molecule has 2 unspecified atom stereocenters. The molecule has 0 radical (unpaired) electrons. The van der Waals surface area contributed by atoms with Crippen LogP contribution in [0.15, 0.2) is 35.0 Å². The van der Waals surface area contributed by atoms with Crippen molar-refractivity contribution in [1.29, 1.82) is 0 Å². The molecule has 1 N–H and O–H groups in total. The first-order valence-electron chi connectivity index (χ1n) is 8.66. The van der Waals surface area contributed by atoms with Crippen LogP contribution in [0.2, 0.25) is 0 Å². The average Bonchev–Trinajstić information content (AvgIpc) is 3.15. The van der Waals surface area contributed by atoms with E-state index in [9.17, 15) is 0 Å². The number of rotatable bonds is 4. The predicted molar refractivity (Wildman–Crippen MR) is 90.7 cm³/mol. The highest BCUT2D eigenvalue weighted by atomic mass is 16.5. The number of likely N-dealkylation sites (tertiary alicyclic amines) is 1. The molecule has 128 valence electrons. The van der Waals surface area contributed by atoms with Crippen molar-refractivity contribution in [2.24, 2.45) is 0 Å². The number of hydrogen-bond donors (Lipinski definition) is 1. The number of aryl methyl sites for hydroxylation is 1. The average molecular weight is 328 g/mol. The summed E-state index contributed by atoms with van der Waals surface area (Å²) in [5.41, 5.74) is -0.0493. The first kappa shape index (κ1) is 15.6. The molecule has 0 bridgehead atoms. The summed E-state index contributed by atoms with van der Waals surface area (Å²) in [6, 6.07) is 6.20. The van der Waals surface area contributed by atoms with Gasteiger partial charge in [0.25, 0.3) is 0 Å². The molecule has 4 rings (SSSR count). The lowest BCUT2D eigenvalue weighted by atomic mass is 9.88. The molecule has 0 saturated carbocycles. The van der Waals surface area contributed by atoms with Gasteiger partial charge >= 0.3 is 0 Å². The van der Waals surface area contributed by atoms with Crippen molar-refractivity contribution in [3.05, 3.63) is 42.1 Å². The third-order valence-electron chi connectivity index (χ3n) is 4.90. The van der Waals surface area contributed by atoms with Crippen molar-refractivity contribution in [2.75, 3.05) is 25.0 Å². The molecule has 2 aromatic heterocycles. The van der Waals surface area contributed by atoms with Crippen LogP contribution in [0.4, 0.5) is 5.95 Å². The monoisotopic (exact) mass is 328 g/mol. The number of furan rings is 1. The third kappa shape index (κ3) is 3.44. The molecule has 1 spiro atoms. The summed E-state index contributed by atoms with van der Waals surface area (Å²) in [5.74, 6) is 2.69. The number of hydrogen-bond acceptors (Lipinski definition) is 6. The number of anilines is 1. The van der Waals surface area contributed by atoms with Crippen LogP contribution in [0, 0.1) is 6.92 Å². The molecule has 2 atom stereocenters. The summed E-state index contributed by atoms with van der Waals surface area (Å²) < 4.78 is 12.0. The maximum Gasteiger partial charge on any atom is 0.222 e. The van der Waals surface area contributed by atoms with Crippen LogP contribution in [0.25, 0.3) is 0 Å². The predicted octanol–water partition coefficient (Wildman–Crippen LogP) is 2.61. The fraction of sp³-hybridized carbons (Fsp3) is 0.556. The summed E-state index contributed by atoms with van der Waals surface area (Å²) in [7, 11) is 0. The Morgan fingerprint density at radius 3 is 3.00 bits per heavy atom. The molecular weight excluding hydrogens is 304 g/mol. The molecule has 2 saturated heterocycles. The van der Waals surface area contributed by atoms with E-state index in [1.807, 2.05) is 19.1 Å². The van der Waals surface area contributed by atoms with Gasteiger partial charge in [0.2, 0.25) is 5.95 Å². The summed E-state index contributed by atoms with van der Waals surface area (Å²) in [4.78, 5) is 10.9. The molecule has 4 heterocycles. The number of piperidine rings is 1. The zero-order valence-electron chi connectivity index (χ0n) is 14.1. The molecule has 24 heavy (non-hydrogen) atoms. The molecule has 0 aliphatic carbocycles. The Bertz CT molecular complexity index is 675. The van der Waals surface area contributed by atoms with E-state index in [1.165, 1.54) is 0 Å². The molecule has 2 aromatic rings. The van der Waals surface area contributed by atoms with Gasteiger partial charge in [-0.3, -0.25) is 4.90 Å². The molecule has 2 aliphatic heterocycles. The standard InChI is InChI=1S/C18H24N4O2/c1-14-4-5-16(24-14)11-22-9-2-6-18(13-22)10-15(12-23-18)21-17-19-7-3-8-20-17/h3-5,7-8,15H,2,6,9-13H2,1H3,(H,19,20,21). The van der Waals surface area contributed by atoms with E-state index in [0.717, 1.165) is 50.4 Å². The second-order valence-electron chi connectivity index (χ2n) is 6.94. The largest absolute Gasteiger partial charge is 0.465 e. The summed E-state index contributed by atoms with van der Waals surface area (Å²) in [6.45, 7) is 5.62. The zero-order valence-corrected chi connectivity index (χ0v) is 14.1. The lowest BCUT2D eigenvalue weighted by Crippen LogP contribution is -2.47. The fourth-order valence-electron chi connectivity index (χ4n) is 3.89. The molecule has 2 fully saturated rings. The minimum absolute atomic E-state index is 0.0493. The van der Waals surface area contributed by atoms with Gasteiger partial charge in [-0.1, -0.05) is 0 Å². The van der Waals surface area contributed by atoms with E-state index in [1.54, 1.807) is 12.4 Å². The molecular formula is C18H24N4O2. The van der Waals surface area contributed by atoms with E-state index < -0.39 is 0 Å². The van der Waals surface area contributed by atoms with Crippen LogP contribution in [-0.4, -0.2) is 46.2 Å². The van der Waals surface area contributed by atoms with Gasteiger partial charge in [-0.25, -0.2) is 9.97 Å². The Kier molecular flexibility index (Phi) is 4.24. The lowest BCUT2D eigenvalue weighted by Gasteiger charge is -2.39. The van der Waals surface area contributed by atoms with Crippen LogP contribution in [-0.2, 0) is 11.3 Å². The Morgan fingerprint density at radius 1 is 1.33 bits per heavy atom. The van der Waals surface area contributed by atoms with Crippen molar-refractivity contribution in [3.8, 4) is 0 Å². The number of ether oxygens (including phenoxy) is 1. The van der Waals surface area contributed by atoms with E-state index in [2.05, 4.69) is 26.3 Å². The highest BCUT2D eigenvalue weighted by Crippen LogP contribution is 2.36. The van der Waals surface area contributed by atoms with Crippen molar-refractivity contribution in [3.63, 3.8) is 0 Å². The summed E-state index contributed by atoms with van der Waals surface area (Å²) >= 11 is 0. The SMILES string of the molecule is Cc1ccc(CN2CCCC3(CC(Nc4ncccn4)CO3)C2)o1. The van der Waals surface area contributed by atoms with Crippen molar-refractivity contribution in [1.82, 2.24) is 14.9 Å². The van der Waals surface area contributed by atoms with E-state index in [-0.39, 0.29) is 11.6 Å². The van der Waals surface area contributed by atoms with Crippen LogP contribution < -0.4 is 5.32 Å². The van der Waals surface area contributed by atoms with Crippen molar-refractivity contribution >= 4 is 5.95 Å². The first-order valence-corrected chi connectivity index (χ1v) is 8.66. The maximum absolute atomic E-state index is 6.25. The van der Waals surface area contributed by atoms with Gasteiger partial charge in [0.05, 0.1) is 24.8 Å². The molecule has 6 nitrogen and oxygen atoms in total. The summed E-state index contributed by atoms with van der Waals surface area (Å²) in [5, 5.41) is 3.40. The highest BCUT2D eigenvalue weighted by Gasteiger charge is 2.43. The van der Waals surface area contributed by atoms with E-state index in [4.69, 9.17) is 9.15 Å². The molecule has 2 aliphatic rings. The number of nitrogens with zero attached hydrogens (tertiary/aromatic N) is 3. The fourth-order valence-corrected chi connectivity index (χ4v) is 3.89. The number of aromatic nitrogens is 2. The Morgan fingerprint density at radius 2 is 2.21 bits per heavy atom. The maximum atomic E-state index is 6.25. The highest BCUT2D eigenvalue weighted by molar-refractivity contribution is 5.25. The molecule has 6 heteroatoms. The van der Waals surface area contributed by atoms with Crippen LogP contribution in [0.5, 0.6) is 0 Å².